The number of β-lactam (4-membered cyclic amide) rings is 1. The van der Waals surface area contributed by atoms with Crippen LogP contribution >= 0.6 is 23.1 Å². The Balaban J connectivity index is 1.26. The molecule has 0 radical (unpaired) electrons. The summed E-state index contributed by atoms with van der Waals surface area (Å²) >= 11 is 2.64. The van der Waals surface area contributed by atoms with E-state index in [0.29, 0.717) is 11.3 Å². The molecule has 0 unspecified atom stereocenters. The van der Waals surface area contributed by atoms with Crippen LogP contribution in [-0.4, -0.2) is 64.3 Å². The molecule has 2 amide bonds. The maximum Gasteiger partial charge on any atom is 0.355 e. The molecule has 0 spiro atoms. The molecule has 3 aliphatic rings. The normalized spacial score (nSPS) is 20.9. The summed E-state index contributed by atoms with van der Waals surface area (Å²) in [5, 5.41) is 7.67. The first kappa shape index (κ1) is 27.5. The van der Waals surface area contributed by atoms with Gasteiger partial charge in [-0.15, -0.1) is 23.1 Å². The van der Waals surface area contributed by atoms with Gasteiger partial charge in [-0.1, -0.05) is 47.6 Å². The van der Waals surface area contributed by atoms with E-state index in [1.165, 1.54) is 23.8 Å². The molecule has 0 bridgehead atoms. The largest absolute Gasteiger partial charge is 0.497 e. The molecule has 42 heavy (non-hydrogen) atoms. The van der Waals surface area contributed by atoms with Crippen molar-refractivity contribution in [3.63, 3.8) is 0 Å². The van der Waals surface area contributed by atoms with E-state index in [1.807, 2.05) is 36.4 Å². The number of oxime groups is 1. The number of benzene rings is 2. The Morgan fingerprint density at radius 3 is 2.55 bits per heavy atom. The van der Waals surface area contributed by atoms with Crippen LogP contribution in [0.5, 0.6) is 5.75 Å². The molecule has 11 nitrogen and oxygen atoms in total. The third-order valence-corrected chi connectivity index (χ3v) is 9.20. The molecular formula is C29H25N5O6S2. The van der Waals surface area contributed by atoms with Crippen molar-refractivity contribution in [1.82, 2.24) is 15.2 Å². The average molecular weight is 604 g/mol. The minimum atomic E-state index is -0.913. The minimum Gasteiger partial charge on any atom is -0.497 e. The summed E-state index contributed by atoms with van der Waals surface area (Å²) in [4.78, 5) is 50.5. The average Bonchev–Trinajstić information content (AvgIpc) is 3.43. The molecule has 2 aromatic carbocycles. The van der Waals surface area contributed by atoms with Crippen LogP contribution < -0.4 is 15.8 Å². The van der Waals surface area contributed by atoms with E-state index in [9.17, 15) is 14.4 Å². The number of allylic oxidation sites excluding steroid dienone is 1. The highest BCUT2D eigenvalue weighted by atomic mass is 32.2. The SMILES string of the molecule is CON=C(C(=O)N[C@@H]1C(=O)N2C(C(=O)OCc3ccc(OC)cc3)=C3C=C(c4ccccc4)[C@@H]3S[C@H]12)c1csc(N)n1. The van der Waals surface area contributed by atoms with Crippen LogP contribution in [-0.2, 0) is 30.6 Å². The lowest BCUT2D eigenvalue weighted by Crippen LogP contribution is -2.72. The second kappa shape index (κ2) is 11.3. The summed E-state index contributed by atoms with van der Waals surface area (Å²) in [7, 11) is 2.88. The van der Waals surface area contributed by atoms with Gasteiger partial charge in [0, 0.05) is 11.0 Å². The highest BCUT2D eigenvalue weighted by Crippen LogP contribution is 2.54. The molecule has 13 heteroatoms. The number of nitrogens with two attached hydrogens (primary N) is 1. The summed E-state index contributed by atoms with van der Waals surface area (Å²) in [6, 6.07) is 16.1. The lowest BCUT2D eigenvalue weighted by atomic mass is 9.84. The number of ether oxygens (including phenoxy) is 2. The first-order valence-corrected chi connectivity index (χ1v) is 14.6. The number of carbonyl (C=O) groups is 3. The van der Waals surface area contributed by atoms with Gasteiger partial charge in [0.1, 0.15) is 42.3 Å². The molecule has 3 aromatic rings. The lowest BCUT2D eigenvalue weighted by molar-refractivity contribution is -0.153. The molecule has 1 saturated heterocycles. The van der Waals surface area contributed by atoms with E-state index in [-0.39, 0.29) is 34.1 Å². The summed E-state index contributed by atoms with van der Waals surface area (Å²) < 4.78 is 10.9. The number of aromatic nitrogens is 1. The highest BCUT2D eigenvalue weighted by molar-refractivity contribution is 8.01. The van der Waals surface area contributed by atoms with Gasteiger partial charge in [-0.25, -0.2) is 9.78 Å². The van der Waals surface area contributed by atoms with Crippen LogP contribution in [0.15, 0.2) is 82.5 Å². The second-order valence-corrected chi connectivity index (χ2v) is 11.6. The van der Waals surface area contributed by atoms with Gasteiger partial charge in [-0.3, -0.25) is 14.5 Å². The van der Waals surface area contributed by atoms with Gasteiger partial charge >= 0.3 is 5.97 Å². The number of rotatable bonds is 9. The highest BCUT2D eigenvalue weighted by Gasteiger charge is 2.58. The fourth-order valence-corrected chi connectivity index (χ4v) is 7.08. The summed E-state index contributed by atoms with van der Waals surface area (Å²) in [5.74, 6) is -1.00. The van der Waals surface area contributed by atoms with Crippen LogP contribution in [0.3, 0.4) is 0 Å². The number of hydrogen-bond acceptors (Lipinski definition) is 11. The molecule has 1 aliphatic carbocycles. The fourth-order valence-electron chi connectivity index (χ4n) is 4.90. The van der Waals surface area contributed by atoms with Gasteiger partial charge in [0.05, 0.1) is 12.4 Å². The first-order chi connectivity index (χ1) is 20.4. The zero-order valence-electron chi connectivity index (χ0n) is 22.5. The molecule has 6 rings (SSSR count). The van der Waals surface area contributed by atoms with Crippen molar-refractivity contribution in [2.45, 2.75) is 23.3 Å². The number of esters is 1. The van der Waals surface area contributed by atoms with Crippen molar-refractivity contribution in [2.75, 3.05) is 20.0 Å². The van der Waals surface area contributed by atoms with E-state index in [4.69, 9.17) is 20.0 Å². The molecule has 3 heterocycles. The van der Waals surface area contributed by atoms with Crippen molar-refractivity contribution < 1.29 is 28.7 Å². The van der Waals surface area contributed by atoms with E-state index in [2.05, 4.69) is 15.5 Å². The van der Waals surface area contributed by atoms with Crippen LogP contribution in [0, 0.1) is 0 Å². The number of thioether (sulfide) groups is 1. The molecule has 214 valence electrons. The number of anilines is 1. The number of hydrogen-bond donors (Lipinski definition) is 2. The van der Waals surface area contributed by atoms with E-state index < -0.39 is 29.2 Å². The van der Waals surface area contributed by atoms with Gasteiger partial charge in [0.25, 0.3) is 11.8 Å². The molecule has 3 N–H and O–H groups in total. The zero-order chi connectivity index (χ0) is 29.4. The topological polar surface area (TPSA) is 145 Å². The van der Waals surface area contributed by atoms with E-state index in [1.54, 1.807) is 36.8 Å². The van der Waals surface area contributed by atoms with E-state index >= 15 is 0 Å². The maximum atomic E-state index is 13.5. The fraction of sp³-hybridized carbons (Fsp3) is 0.207. The third-order valence-electron chi connectivity index (χ3n) is 6.99. The van der Waals surface area contributed by atoms with Gasteiger partial charge in [-0.2, -0.15) is 0 Å². The first-order valence-electron chi connectivity index (χ1n) is 12.8. The smallest absolute Gasteiger partial charge is 0.355 e. The number of carbonyl (C=O) groups excluding carboxylic acids is 3. The standard InChI is InChI=1S/C29H25N5O6S2/c1-38-17-10-8-15(9-11-17)13-40-28(37)23-19-12-18(16-6-4-3-5-7-16)24(19)42-27-22(26(36)34(23)27)32-25(35)21(33-39-2)20-14-41-29(30)31-20/h3-12,14,22,24,27H,13H2,1-2H3,(H2,30,31)(H,32,35)/t22-,24+,27-/m1/s1. The lowest BCUT2D eigenvalue weighted by Gasteiger charge is -2.53. The number of nitrogen functional groups attached to an aromatic ring is 1. The van der Waals surface area contributed by atoms with Crippen LogP contribution in [0.1, 0.15) is 16.8 Å². The van der Waals surface area contributed by atoms with Crippen molar-refractivity contribution in [3.05, 3.63) is 94.1 Å². The van der Waals surface area contributed by atoms with Gasteiger partial charge in [0.15, 0.2) is 10.8 Å². The van der Waals surface area contributed by atoms with Gasteiger partial charge in [0.2, 0.25) is 0 Å². The van der Waals surface area contributed by atoms with Crippen molar-refractivity contribution in [3.8, 4) is 5.75 Å². The monoisotopic (exact) mass is 603 g/mol. The van der Waals surface area contributed by atoms with Crippen LogP contribution in [0.4, 0.5) is 5.13 Å². The Morgan fingerprint density at radius 2 is 1.88 bits per heavy atom. The summed E-state index contributed by atoms with van der Waals surface area (Å²) in [6.07, 6.45) is 1.92. The third kappa shape index (κ3) is 4.90. The van der Waals surface area contributed by atoms with E-state index in [0.717, 1.165) is 28.0 Å². The number of nitrogens with one attached hydrogen (secondary N) is 1. The minimum absolute atomic E-state index is 0.0210. The van der Waals surface area contributed by atoms with Crippen molar-refractivity contribution >= 4 is 57.3 Å². The zero-order valence-corrected chi connectivity index (χ0v) is 24.1. The Morgan fingerprint density at radius 1 is 1.12 bits per heavy atom. The van der Waals surface area contributed by atoms with Crippen molar-refractivity contribution in [1.29, 1.82) is 0 Å². The maximum absolute atomic E-state index is 13.5. The Kier molecular flexibility index (Phi) is 7.43. The van der Waals surface area contributed by atoms with Gasteiger partial charge in [-0.05, 0) is 34.9 Å². The predicted molar refractivity (Wildman–Crippen MR) is 158 cm³/mol. The molecule has 2 aliphatic heterocycles. The molecule has 0 saturated carbocycles. The molecule has 1 aromatic heterocycles. The number of nitrogens with zero attached hydrogens (tertiary/aromatic N) is 3. The van der Waals surface area contributed by atoms with Gasteiger partial charge < -0.3 is 25.4 Å². The summed E-state index contributed by atoms with van der Waals surface area (Å²) in [6.45, 7) is 0.0210. The number of thiazole rings is 1. The summed E-state index contributed by atoms with van der Waals surface area (Å²) in [5.41, 5.74) is 9.57. The number of methoxy groups -OCH3 is 1. The number of amides is 2. The van der Waals surface area contributed by atoms with Crippen molar-refractivity contribution in [2.24, 2.45) is 5.16 Å². The Hall–Kier alpha value is -4.62. The number of fused-ring (bicyclic) bond motifs is 2. The molecule has 1 fully saturated rings. The molecule has 3 atom stereocenters. The molecular weight excluding hydrogens is 578 g/mol. The Labute approximate surface area is 249 Å². The predicted octanol–water partition coefficient (Wildman–Crippen LogP) is 2.95. The quantitative estimate of drug-likeness (QED) is 0.163. The second-order valence-electron chi connectivity index (χ2n) is 9.45. The van der Waals surface area contributed by atoms with Crippen LogP contribution in [0.25, 0.3) is 5.57 Å². The Bertz CT molecular complexity index is 1650. The van der Waals surface area contributed by atoms with Crippen LogP contribution in [0.2, 0.25) is 0 Å².